The number of aliphatic hydroxyl groups excluding tert-OH is 1. The monoisotopic (exact) mass is 396 g/mol. The van der Waals surface area contributed by atoms with Crippen LogP contribution in [0.1, 0.15) is 30.7 Å². The fourth-order valence-corrected chi connectivity index (χ4v) is 3.41. The first kappa shape index (κ1) is 20.5. The lowest BCUT2D eigenvalue weighted by Gasteiger charge is -2.13. The normalized spacial score (nSPS) is 12.8. The predicted octanol–water partition coefficient (Wildman–Crippen LogP) is 2.63. The third-order valence-electron chi connectivity index (χ3n) is 3.71. The fraction of sp³-hybridized carbons (Fsp3) is 0.444. The number of rotatable bonds is 9. The molecule has 0 aliphatic rings. The van der Waals surface area contributed by atoms with Gasteiger partial charge in [0.1, 0.15) is 6.10 Å². The van der Waals surface area contributed by atoms with Crippen LogP contribution in [0.25, 0.3) is 0 Å². The number of aromatic nitrogens is 1. The summed E-state index contributed by atoms with van der Waals surface area (Å²) in [7, 11) is 0. The summed E-state index contributed by atoms with van der Waals surface area (Å²) in [4.78, 5) is 16.9. The molecule has 0 bridgehead atoms. The zero-order valence-electron chi connectivity index (χ0n) is 14.8. The van der Waals surface area contributed by atoms with Gasteiger partial charge in [0.25, 0.3) is 0 Å². The second-order valence-corrected chi connectivity index (χ2v) is 7.49. The molecule has 1 atom stereocenters. The highest BCUT2D eigenvalue weighted by molar-refractivity contribution is 7.16. The molecular formula is C18H25ClN4O2S. The van der Waals surface area contributed by atoms with Crippen molar-refractivity contribution in [2.45, 2.75) is 32.4 Å². The Morgan fingerprint density at radius 2 is 2.15 bits per heavy atom. The molecule has 8 heteroatoms. The van der Waals surface area contributed by atoms with E-state index in [9.17, 15) is 9.90 Å². The SMILES string of the molecule is CCNC(=NCC(O)c1ccc(Cl)s1)NCCCCn1ccccc1=O. The summed E-state index contributed by atoms with van der Waals surface area (Å²) >= 11 is 7.26. The maximum Gasteiger partial charge on any atom is 0.250 e. The minimum absolute atomic E-state index is 0.0260. The van der Waals surface area contributed by atoms with Gasteiger partial charge in [-0.05, 0) is 38.0 Å². The highest BCUT2D eigenvalue weighted by Crippen LogP contribution is 2.26. The molecule has 0 aliphatic carbocycles. The first-order valence-corrected chi connectivity index (χ1v) is 9.90. The van der Waals surface area contributed by atoms with Crippen LogP contribution in [-0.2, 0) is 6.54 Å². The Morgan fingerprint density at radius 3 is 2.85 bits per heavy atom. The van der Waals surface area contributed by atoms with E-state index in [2.05, 4.69) is 15.6 Å². The first-order valence-electron chi connectivity index (χ1n) is 8.71. The smallest absolute Gasteiger partial charge is 0.250 e. The van der Waals surface area contributed by atoms with Crippen molar-refractivity contribution in [1.82, 2.24) is 15.2 Å². The van der Waals surface area contributed by atoms with Crippen molar-refractivity contribution in [2.75, 3.05) is 19.6 Å². The Bertz CT molecular complexity index is 759. The van der Waals surface area contributed by atoms with Crippen molar-refractivity contribution in [2.24, 2.45) is 4.99 Å². The second kappa shape index (κ2) is 11.0. The van der Waals surface area contributed by atoms with Crippen molar-refractivity contribution in [3.63, 3.8) is 0 Å². The van der Waals surface area contributed by atoms with E-state index in [-0.39, 0.29) is 12.1 Å². The molecule has 142 valence electrons. The number of hydrogen-bond donors (Lipinski definition) is 3. The summed E-state index contributed by atoms with van der Waals surface area (Å²) in [6.07, 6.45) is 2.95. The first-order chi connectivity index (χ1) is 12.6. The molecule has 2 heterocycles. The summed E-state index contributed by atoms with van der Waals surface area (Å²) in [5, 5.41) is 16.6. The van der Waals surface area contributed by atoms with Crippen LogP contribution >= 0.6 is 22.9 Å². The van der Waals surface area contributed by atoms with Crippen molar-refractivity contribution in [1.29, 1.82) is 0 Å². The maximum absolute atomic E-state index is 11.6. The summed E-state index contributed by atoms with van der Waals surface area (Å²) in [5.41, 5.74) is 0.0260. The van der Waals surface area contributed by atoms with Crippen molar-refractivity contribution in [3.05, 3.63) is 56.1 Å². The van der Waals surface area contributed by atoms with E-state index >= 15 is 0 Å². The molecule has 3 N–H and O–H groups in total. The molecule has 1 unspecified atom stereocenters. The van der Waals surface area contributed by atoms with Crippen LogP contribution in [0.3, 0.4) is 0 Å². The van der Waals surface area contributed by atoms with Crippen LogP contribution in [0.2, 0.25) is 4.34 Å². The Hall–Kier alpha value is -1.83. The third kappa shape index (κ3) is 6.82. The van der Waals surface area contributed by atoms with Crippen LogP contribution in [0.5, 0.6) is 0 Å². The second-order valence-electron chi connectivity index (χ2n) is 5.74. The number of aliphatic hydroxyl groups is 1. The summed E-state index contributed by atoms with van der Waals surface area (Å²) in [5.74, 6) is 0.672. The molecule has 0 aromatic carbocycles. The van der Waals surface area contributed by atoms with Gasteiger partial charge in [-0.1, -0.05) is 17.7 Å². The number of aryl methyl sites for hydroxylation is 1. The zero-order valence-corrected chi connectivity index (χ0v) is 16.4. The number of unbranched alkanes of at least 4 members (excludes halogenated alkanes) is 1. The standard InChI is InChI=1S/C18H25ClN4O2S/c1-2-20-18(22-13-14(24)15-8-9-16(19)26-15)21-10-4-6-12-23-11-5-3-7-17(23)25/h3,5,7-9,11,14,24H,2,4,6,10,12-13H2,1H3,(H2,20,21,22). The van der Waals surface area contributed by atoms with E-state index in [1.807, 2.05) is 19.1 Å². The van der Waals surface area contributed by atoms with Crippen LogP contribution in [0, 0.1) is 0 Å². The Labute approximate surface area is 162 Å². The number of pyridine rings is 1. The summed E-state index contributed by atoms with van der Waals surface area (Å²) < 4.78 is 2.37. The summed E-state index contributed by atoms with van der Waals surface area (Å²) in [6.45, 7) is 4.45. The molecule has 2 aromatic rings. The summed E-state index contributed by atoms with van der Waals surface area (Å²) in [6, 6.07) is 8.77. The number of aliphatic imine (C=N–C) groups is 1. The maximum atomic E-state index is 11.6. The van der Waals surface area contributed by atoms with Crippen molar-refractivity contribution in [3.8, 4) is 0 Å². The number of nitrogens with one attached hydrogen (secondary N) is 2. The van der Waals surface area contributed by atoms with Gasteiger partial charge >= 0.3 is 0 Å². The fourth-order valence-electron chi connectivity index (χ4n) is 2.38. The third-order valence-corrected chi connectivity index (χ3v) is 5.04. The molecule has 2 aromatic heterocycles. The molecule has 0 saturated carbocycles. The molecule has 0 saturated heterocycles. The Balaban J connectivity index is 1.74. The molecule has 0 spiro atoms. The number of hydrogen-bond acceptors (Lipinski definition) is 4. The van der Waals surface area contributed by atoms with Gasteiger partial charge in [-0.2, -0.15) is 0 Å². The molecule has 0 radical (unpaired) electrons. The van der Waals surface area contributed by atoms with E-state index in [0.29, 0.717) is 16.8 Å². The molecule has 2 rings (SSSR count). The van der Waals surface area contributed by atoms with E-state index in [4.69, 9.17) is 11.6 Å². The van der Waals surface area contributed by atoms with Gasteiger partial charge < -0.3 is 20.3 Å². The van der Waals surface area contributed by atoms with Gasteiger partial charge in [0.2, 0.25) is 5.56 Å². The lowest BCUT2D eigenvalue weighted by Crippen LogP contribution is -2.38. The van der Waals surface area contributed by atoms with Crippen LogP contribution in [0.15, 0.2) is 46.3 Å². The topological polar surface area (TPSA) is 78.7 Å². The average Bonchev–Trinajstić information content (AvgIpc) is 3.07. The van der Waals surface area contributed by atoms with Gasteiger partial charge in [0, 0.05) is 36.8 Å². The van der Waals surface area contributed by atoms with Gasteiger partial charge in [0.05, 0.1) is 10.9 Å². The molecule has 0 fully saturated rings. The van der Waals surface area contributed by atoms with E-state index in [1.165, 1.54) is 11.3 Å². The molecule has 26 heavy (non-hydrogen) atoms. The van der Waals surface area contributed by atoms with Crippen molar-refractivity contribution >= 4 is 28.9 Å². The number of halogens is 1. The van der Waals surface area contributed by atoms with E-state index in [0.717, 1.165) is 30.8 Å². The van der Waals surface area contributed by atoms with E-state index < -0.39 is 6.10 Å². The average molecular weight is 397 g/mol. The van der Waals surface area contributed by atoms with Crippen LogP contribution in [-0.4, -0.2) is 35.3 Å². The number of nitrogens with zero attached hydrogens (tertiary/aromatic N) is 2. The highest BCUT2D eigenvalue weighted by Gasteiger charge is 2.10. The number of thiophene rings is 1. The van der Waals surface area contributed by atoms with Gasteiger partial charge in [-0.25, -0.2) is 0 Å². The predicted molar refractivity (Wildman–Crippen MR) is 108 cm³/mol. The van der Waals surface area contributed by atoms with Crippen LogP contribution < -0.4 is 16.2 Å². The van der Waals surface area contributed by atoms with Gasteiger partial charge in [0.15, 0.2) is 5.96 Å². The lowest BCUT2D eigenvalue weighted by atomic mass is 10.3. The zero-order chi connectivity index (χ0) is 18.8. The quantitative estimate of drug-likeness (QED) is 0.346. The minimum atomic E-state index is -0.659. The Kier molecular flexibility index (Phi) is 8.67. The lowest BCUT2D eigenvalue weighted by molar-refractivity contribution is 0.191. The van der Waals surface area contributed by atoms with Gasteiger partial charge in [-0.15, -0.1) is 11.3 Å². The molecule has 0 aliphatic heterocycles. The van der Waals surface area contributed by atoms with E-state index in [1.54, 1.807) is 29.0 Å². The van der Waals surface area contributed by atoms with Crippen molar-refractivity contribution < 1.29 is 5.11 Å². The molecular weight excluding hydrogens is 372 g/mol. The minimum Gasteiger partial charge on any atom is -0.386 e. The Morgan fingerprint density at radius 1 is 1.31 bits per heavy atom. The van der Waals surface area contributed by atoms with Crippen LogP contribution in [0.4, 0.5) is 0 Å². The number of guanidine groups is 1. The molecule has 0 amide bonds. The van der Waals surface area contributed by atoms with Gasteiger partial charge in [-0.3, -0.25) is 9.79 Å². The largest absolute Gasteiger partial charge is 0.386 e. The highest BCUT2D eigenvalue weighted by atomic mass is 35.5. The molecule has 6 nitrogen and oxygen atoms in total.